The maximum atomic E-state index is 4.50. The summed E-state index contributed by atoms with van der Waals surface area (Å²) in [5.41, 5.74) is 2.52. The van der Waals surface area contributed by atoms with E-state index in [1.807, 2.05) is 0 Å². The Labute approximate surface area is 98.2 Å². The van der Waals surface area contributed by atoms with Gasteiger partial charge in [-0.3, -0.25) is 4.68 Å². The van der Waals surface area contributed by atoms with Crippen LogP contribution in [0.15, 0.2) is 6.07 Å². The van der Waals surface area contributed by atoms with E-state index in [0.29, 0.717) is 6.04 Å². The van der Waals surface area contributed by atoms with Crippen molar-refractivity contribution in [3.8, 4) is 0 Å². The minimum Gasteiger partial charge on any atom is -0.313 e. The summed E-state index contributed by atoms with van der Waals surface area (Å²) < 4.78 is 2.13. The number of nitrogens with zero attached hydrogens (tertiary/aromatic N) is 2. The van der Waals surface area contributed by atoms with Crippen LogP contribution in [0, 0.1) is 12.8 Å². The molecule has 90 valence electrons. The smallest absolute Gasteiger partial charge is 0.0596 e. The van der Waals surface area contributed by atoms with Crippen molar-refractivity contribution in [1.29, 1.82) is 0 Å². The zero-order valence-corrected chi connectivity index (χ0v) is 10.7. The van der Waals surface area contributed by atoms with E-state index >= 15 is 0 Å². The Morgan fingerprint density at radius 1 is 1.50 bits per heavy atom. The second-order valence-corrected chi connectivity index (χ2v) is 5.08. The van der Waals surface area contributed by atoms with Gasteiger partial charge in [-0.2, -0.15) is 5.10 Å². The first-order chi connectivity index (χ1) is 7.69. The highest BCUT2D eigenvalue weighted by Crippen LogP contribution is 2.17. The van der Waals surface area contributed by atoms with E-state index in [9.17, 15) is 0 Å². The third kappa shape index (κ3) is 2.64. The summed E-state index contributed by atoms with van der Waals surface area (Å²) >= 11 is 0. The molecule has 1 fully saturated rings. The van der Waals surface area contributed by atoms with Crippen molar-refractivity contribution in [2.45, 2.75) is 52.6 Å². The molecule has 3 heteroatoms. The Hall–Kier alpha value is -0.830. The Bertz CT molecular complexity index is 335. The van der Waals surface area contributed by atoms with E-state index < -0.39 is 0 Å². The summed E-state index contributed by atoms with van der Waals surface area (Å²) in [5.74, 6) is 0.842. The number of aryl methyl sites for hydroxylation is 2. The van der Waals surface area contributed by atoms with Gasteiger partial charge in [-0.25, -0.2) is 0 Å². The normalized spacial score (nSPS) is 25.9. The molecule has 0 saturated carbocycles. The fourth-order valence-corrected chi connectivity index (χ4v) is 2.52. The molecule has 0 aromatic carbocycles. The van der Waals surface area contributed by atoms with Gasteiger partial charge in [0.05, 0.1) is 5.69 Å². The van der Waals surface area contributed by atoms with E-state index in [2.05, 4.69) is 41.9 Å². The van der Waals surface area contributed by atoms with Crippen LogP contribution in [0.5, 0.6) is 0 Å². The van der Waals surface area contributed by atoms with Crippen molar-refractivity contribution in [2.24, 2.45) is 5.92 Å². The number of nitrogens with one attached hydrogen (secondary N) is 1. The predicted molar refractivity (Wildman–Crippen MR) is 66.5 cm³/mol. The Balaban J connectivity index is 1.97. The minimum atomic E-state index is 0.651. The van der Waals surface area contributed by atoms with E-state index in [1.165, 1.54) is 25.1 Å². The van der Waals surface area contributed by atoms with Crippen molar-refractivity contribution in [3.63, 3.8) is 0 Å². The quantitative estimate of drug-likeness (QED) is 0.847. The van der Waals surface area contributed by atoms with Crippen LogP contribution in [0.25, 0.3) is 0 Å². The van der Waals surface area contributed by atoms with Gasteiger partial charge in [0, 0.05) is 24.7 Å². The van der Waals surface area contributed by atoms with Gasteiger partial charge in [0.15, 0.2) is 0 Å². The van der Waals surface area contributed by atoms with Crippen molar-refractivity contribution >= 4 is 0 Å². The van der Waals surface area contributed by atoms with Gasteiger partial charge in [-0.05, 0) is 45.2 Å². The van der Waals surface area contributed by atoms with Crippen LogP contribution in [-0.4, -0.2) is 22.4 Å². The first-order valence-corrected chi connectivity index (χ1v) is 6.45. The van der Waals surface area contributed by atoms with Crippen molar-refractivity contribution in [1.82, 2.24) is 15.1 Å². The Morgan fingerprint density at radius 2 is 2.31 bits per heavy atom. The Morgan fingerprint density at radius 3 is 2.94 bits per heavy atom. The Kier molecular flexibility index (Phi) is 3.64. The second kappa shape index (κ2) is 5.00. The van der Waals surface area contributed by atoms with Gasteiger partial charge in [0.25, 0.3) is 0 Å². The lowest BCUT2D eigenvalue weighted by molar-refractivity contribution is 0.322. The molecule has 1 aliphatic heterocycles. The van der Waals surface area contributed by atoms with Gasteiger partial charge in [-0.15, -0.1) is 0 Å². The van der Waals surface area contributed by atoms with Crippen LogP contribution in [-0.2, 0) is 13.0 Å². The third-order valence-electron chi connectivity index (χ3n) is 3.50. The molecule has 0 spiro atoms. The summed E-state index contributed by atoms with van der Waals surface area (Å²) in [7, 11) is 0. The molecule has 0 aliphatic carbocycles. The number of piperidine rings is 1. The van der Waals surface area contributed by atoms with Gasteiger partial charge >= 0.3 is 0 Å². The van der Waals surface area contributed by atoms with Crippen molar-refractivity contribution in [3.05, 3.63) is 17.5 Å². The van der Waals surface area contributed by atoms with E-state index in [4.69, 9.17) is 0 Å². The molecule has 2 atom stereocenters. The molecule has 0 radical (unpaired) electrons. The average Bonchev–Trinajstić information content (AvgIpc) is 2.62. The number of hydrogen-bond acceptors (Lipinski definition) is 2. The molecule has 1 aliphatic rings. The summed E-state index contributed by atoms with van der Waals surface area (Å²) in [5, 5.41) is 8.14. The van der Waals surface area contributed by atoms with Gasteiger partial charge in [-0.1, -0.05) is 6.92 Å². The van der Waals surface area contributed by atoms with Crippen LogP contribution >= 0.6 is 0 Å². The predicted octanol–water partition coefficient (Wildman–Crippen LogP) is 2.14. The van der Waals surface area contributed by atoms with Crippen LogP contribution in [0.2, 0.25) is 0 Å². The first kappa shape index (κ1) is 11.6. The molecule has 1 saturated heterocycles. The van der Waals surface area contributed by atoms with E-state index in [-0.39, 0.29) is 0 Å². The highest BCUT2D eigenvalue weighted by Gasteiger charge is 2.19. The lowest BCUT2D eigenvalue weighted by atomic mass is 9.94. The second-order valence-electron chi connectivity index (χ2n) is 5.08. The molecule has 3 nitrogen and oxygen atoms in total. The fourth-order valence-electron chi connectivity index (χ4n) is 2.52. The lowest BCUT2D eigenvalue weighted by Crippen LogP contribution is -2.39. The molecule has 2 unspecified atom stereocenters. The van der Waals surface area contributed by atoms with Crippen LogP contribution in [0.3, 0.4) is 0 Å². The largest absolute Gasteiger partial charge is 0.313 e. The zero-order valence-electron chi connectivity index (χ0n) is 10.7. The van der Waals surface area contributed by atoms with E-state index in [1.54, 1.807) is 0 Å². The molecule has 1 aromatic heterocycles. The maximum Gasteiger partial charge on any atom is 0.0596 e. The topological polar surface area (TPSA) is 29.9 Å². The summed E-state index contributed by atoms with van der Waals surface area (Å²) in [6.45, 7) is 8.71. The van der Waals surface area contributed by atoms with Crippen molar-refractivity contribution in [2.75, 3.05) is 6.54 Å². The summed E-state index contributed by atoms with van der Waals surface area (Å²) in [6, 6.07) is 2.88. The molecule has 2 heterocycles. The third-order valence-corrected chi connectivity index (χ3v) is 3.50. The monoisotopic (exact) mass is 221 g/mol. The number of hydrogen-bond donors (Lipinski definition) is 1. The molecular weight excluding hydrogens is 198 g/mol. The van der Waals surface area contributed by atoms with Gasteiger partial charge < -0.3 is 5.32 Å². The van der Waals surface area contributed by atoms with Crippen LogP contribution < -0.4 is 5.32 Å². The molecule has 1 N–H and O–H groups in total. The van der Waals surface area contributed by atoms with Crippen LogP contribution in [0.1, 0.15) is 38.1 Å². The molecule has 2 rings (SSSR count). The summed E-state index contributed by atoms with van der Waals surface area (Å²) in [4.78, 5) is 0. The highest BCUT2D eigenvalue weighted by atomic mass is 15.3. The molecule has 0 amide bonds. The molecule has 0 bridgehead atoms. The SMILES string of the molecule is CCn1nc(C)cc1CC1CCC(C)CN1. The molecule has 16 heavy (non-hydrogen) atoms. The maximum absolute atomic E-state index is 4.50. The fraction of sp³-hybridized carbons (Fsp3) is 0.769. The highest BCUT2D eigenvalue weighted by molar-refractivity contribution is 5.10. The average molecular weight is 221 g/mol. The standard InChI is InChI=1S/C13H23N3/c1-4-16-13(7-11(3)15-16)8-12-6-5-10(2)9-14-12/h7,10,12,14H,4-6,8-9H2,1-3H3. The first-order valence-electron chi connectivity index (χ1n) is 6.45. The zero-order chi connectivity index (χ0) is 11.5. The molecular formula is C13H23N3. The van der Waals surface area contributed by atoms with Crippen molar-refractivity contribution < 1.29 is 0 Å². The molecule has 1 aromatic rings. The summed E-state index contributed by atoms with van der Waals surface area (Å²) in [6.07, 6.45) is 3.79. The lowest BCUT2D eigenvalue weighted by Gasteiger charge is -2.27. The minimum absolute atomic E-state index is 0.651. The van der Waals surface area contributed by atoms with Crippen LogP contribution in [0.4, 0.5) is 0 Å². The van der Waals surface area contributed by atoms with Gasteiger partial charge in [0.1, 0.15) is 0 Å². The number of aromatic nitrogens is 2. The van der Waals surface area contributed by atoms with Gasteiger partial charge in [0.2, 0.25) is 0 Å². The number of rotatable bonds is 3. The van der Waals surface area contributed by atoms with E-state index in [0.717, 1.165) is 24.6 Å².